The fourth-order valence-corrected chi connectivity index (χ4v) is 10.9. The van der Waals surface area contributed by atoms with Gasteiger partial charge < -0.3 is 23.5 Å². The summed E-state index contributed by atoms with van der Waals surface area (Å²) in [6, 6.07) is 82.8. The topological polar surface area (TPSA) is 36.0 Å². The zero-order valence-electron chi connectivity index (χ0n) is 35.7. The highest BCUT2D eigenvalue weighted by molar-refractivity contribution is 7.00. The molecule has 4 heterocycles. The molecular weight excluding hydrogens is 805 g/mol. The molecule has 0 radical (unpaired) electrons. The van der Waals surface area contributed by atoms with Crippen LogP contribution in [-0.2, 0) is 0 Å². The van der Waals surface area contributed by atoms with Crippen molar-refractivity contribution in [2.24, 2.45) is 0 Å². The fraction of sp³-hybridized carbons (Fsp3) is 0. The second kappa shape index (κ2) is 14.4. The average Bonchev–Trinajstić information content (AvgIpc) is 3.96. The van der Waals surface area contributed by atoms with Crippen LogP contribution in [0.5, 0.6) is 0 Å². The monoisotopic (exact) mass is 843 g/mol. The molecule has 2 aliphatic rings. The van der Waals surface area contributed by atoms with Gasteiger partial charge in [-0.05, 0) is 101 Å². The summed E-state index contributed by atoms with van der Waals surface area (Å²) >= 11 is 0. The van der Waals surface area contributed by atoms with Crippen molar-refractivity contribution in [1.29, 1.82) is 0 Å². The van der Waals surface area contributed by atoms with Gasteiger partial charge in [-0.1, -0.05) is 152 Å². The van der Waals surface area contributed by atoms with E-state index in [2.05, 4.69) is 233 Å². The Labute approximate surface area is 381 Å². The van der Waals surface area contributed by atoms with E-state index in [0.717, 1.165) is 106 Å². The number of hydrogen-bond acceptors (Lipinski definition) is 5. The second-order valence-corrected chi connectivity index (χ2v) is 17.2. The third-order valence-corrected chi connectivity index (χ3v) is 13.6. The lowest BCUT2D eigenvalue weighted by Crippen LogP contribution is -2.61. The summed E-state index contributed by atoms with van der Waals surface area (Å²) in [6.45, 7) is -0.0165. The Bertz CT molecular complexity index is 3750. The van der Waals surface area contributed by atoms with Gasteiger partial charge >= 0.3 is 0 Å². The molecule has 0 N–H and O–H groups in total. The van der Waals surface area contributed by atoms with Crippen LogP contribution >= 0.6 is 0 Å². The van der Waals surface area contributed by atoms with Crippen LogP contribution in [0.1, 0.15) is 0 Å². The number of fused-ring (bicyclic) bond motifs is 10. The molecule has 0 bridgehead atoms. The smallest absolute Gasteiger partial charge is 0.252 e. The molecule has 0 unspecified atom stereocenters. The molecule has 6 heteroatoms. The first-order chi connectivity index (χ1) is 32.8. The van der Waals surface area contributed by atoms with Crippen LogP contribution in [0.2, 0.25) is 0 Å². The van der Waals surface area contributed by atoms with Crippen molar-refractivity contribution in [3.8, 4) is 11.1 Å². The van der Waals surface area contributed by atoms with Crippen LogP contribution in [0.25, 0.3) is 55.0 Å². The minimum absolute atomic E-state index is 0.0165. The number of rotatable bonds is 6. The van der Waals surface area contributed by atoms with Crippen LogP contribution < -0.4 is 31.1 Å². The fourth-order valence-electron chi connectivity index (χ4n) is 10.9. The lowest BCUT2D eigenvalue weighted by atomic mass is 9.33. The lowest BCUT2D eigenvalue weighted by molar-refractivity contribution is 0.669. The average molecular weight is 844 g/mol. The third kappa shape index (κ3) is 5.36. The quantitative estimate of drug-likeness (QED) is 0.156. The van der Waals surface area contributed by atoms with Gasteiger partial charge in [-0.25, -0.2) is 0 Å². The number of anilines is 9. The summed E-state index contributed by atoms with van der Waals surface area (Å²) in [6.07, 6.45) is 0. The number of furan rings is 2. The van der Waals surface area contributed by atoms with Crippen molar-refractivity contribution in [3.05, 3.63) is 231 Å². The summed E-state index contributed by atoms with van der Waals surface area (Å²) in [7, 11) is 0. The molecule has 2 aromatic heterocycles. The molecule has 0 saturated heterocycles. The molecule has 0 atom stereocenters. The predicted octanol–water partition coefficient (Wildman–Crippen LogP) is 14.7. The SMILES string of the molecule is c1ccc(-c2c(N(c3cc4c5c(c3)N(c3ccccc3)c3ccccc3B5c3ccccc3N4c3ccccc3)c3cccc4c3oc3ccccc34)ccc3oc4ccccc4c23)cc1. The van der Waals surface area contributed by atoms with Gasteiger partial charge in [0.2, 0.25) is 0 Å². The predicted molar refractivity (Wildman–Crippen MR) is 275 cm³/mol. The van der Waals surface area contributed by atoms with E-state index in [-0.39, 0.29) is 6.71 Å². The maximum atomic E-state index is 6.99. The van der Waals surface area contributed by atoms with E-state index in [0.29, 0.717) is 0 Å². The standard InChI is InChI=1S/C60H38BN3O2/c1-4-19-39(20-5-1)57-50(35-36-56-58(57)45-26-11-17-34-55(45)65-56)64(51-32-18-27-44-43-25-10-16-33-54(43)66-60(44)51)42-37-52-59-53(38-42)63(41-23-8-3-9-24-41)49-31-15-13-29-47(49)61(59)46-28-12-14-30-48(46)62(52)40-21-6-2-7-22-40/h1-38H. The maximum Gasteiger partial charge on any atom is 0.252 e. The van der Waals surface area contributed by atoms with Crippen molar-refractivity contribution in [3.63, 3.8) is 0 Å². The van der Waals surface area contributed by atoms with Crippen molar-refractivity contribution in [2.75, 3.05) is 14.7 Å². The van der Waals surface area contributed by atoms with Gasteiger partial charge in [-0.2, -0.15) is 0 Å². The third-order valence-electron chi connectivity index (χ3n) is 13.6. The van der Waals surface area contributed by atoms with E-state index in [4.69, 9.17) is 8.83 Å². The molecule has 2 aliphatic heterocycles. The van der Waals surface area contributed by atoms with Gasteiger partial charge in [0.1, 0.15) is 16.7 Å². The molecule has 14 rings (SSSR count). The van der Waals surface area contributed by atoms with Crippen LogP contribution in [0.4, 0.5) is 51.2 Å². The van der Waals surface area contributed by atoms with Crippen molar-refractivity contribution in [1.82, 2.24) is 0 Å². The Hall–Kier alpha value is -8.74. The van der Waals surface area contributed by atoms with E-state index >= 15 is 0 Å². The Morgan fingerprint density at radius 2 is 0.909 bits per heavy atom. The largest absolute Gasteiger partial charge is 0.456 e. The first kappa shape index (κ1) is 36.7. The van der Waals surface area contributed by atoms with Crippen LogP contribution in [-0.4, -0.2) is 6.71 Å². The summed E-state index contributed by atoms with van der Waals surface area (Å²) in [5.41, 5.74) is 19.0. The minimum atomic E-state index is -0.0165. The van der Waals surface area contributed by atoms with Crippen LogP contribution in [0.15, 0.2) is 239 Å². The van der Waals surface area contributed by atoms with Gasteiger partial charge in [0.05, 0.1) is 17.1 Å². The number of nitrogens with zero attached hydrogens (tertiary/aromatic N) is 3. The molecule has 0 aliphatic carbocycles. The summed E-state index contributed by atoms with van der Waals surface area (Å²) < 4.78 is 13.6. The van der Waals surface area contributed by atoms with Gasteiger partial charge in [0.15, 0.2) is 5.58 Å². The molecular formula is C60H38BN3O2. The molecule has 308 valence electrons. The van der Waals surface area contributed by atoms with E-state index in [1.807, 2.05) is 12.1 Å². The number of benzene rings is 10. The van der Waals surface area contributed by atoms with Gasteiger partial charge in [0.25, 0.3) is 6.71 Å². The second-order valence-electron chi connectivity index (χ2n) is 17.2. The zero-order chi connectivity index (χ0) is 43.3. The first-order valence-corrected chi connectivity index (χ1v) is 22.5. The Morgan fingerprint density at radius 1 is 0.379 bits per heavy atom. The van der Waals surface area contributed by atoms with Crippen molar-refractivity contribution < 1.29 is 8.83 Å². The zero-order valence-corrected chi connectivity index (χ0v) is 35.7. The highest BCUT2D eigenvalue weighted by atomic mass is 16.3. The Morgan fingerprint density at radius 3 is 1.56 bits per heavy atom. The molecule has 12 aromatic rings. The van der Waals surface area contributed by atoms with Gasteiger partial charge in [-0.15, -0.1) is 0 Å². The molecule has 0 fully saturated rings. The lowest BCUT2D eigenvalue weighted by Gasteiger charge is -2.45. The normalized spacial score (nSPS) is 12.8. The van der Waals surface area contributed by atoms with E-state index in [1.165, 1.54) is 16.4 Å². The van der Waals surface area contributed by atoms with E-state index in [9.17, 15) is 0 Å². The Kier molecular flexibility index (Phi) is 8.01. The molecule has 0 saturated carbocycles. The van der Waals surface area contributed by atoms with Crippen molar-refractivity contribution >= 4 is 118 Å². The van der Waals surface area contributed by atoms with Crippen molar-refractivity contribution in [2.45, 2.75) is 0 Å². The molecule has 5 nitrogen and oxygen atoms in total. The van der Waals surface area contributed by atoms with Gasteiger partial charge in [0, 0.05) is 61.2 Å². The van der Waals surface area contributed by atoms with E-state index < -0.39 is 0 Å². The number of para-hydroxylation sites is 7. The highest BCUT2D eigenvalue weighted by Gasteiger charge is 2.44. The maximum absolute atomic E-state index is 6.99. The molecule has 0 amide bonds. The minimum Gasteiger partial charge on any atom is -0.456 e. The van der Waals surface area contributed by atoms with Gasteiger partial charge in [-0.3, -0.25) is 0 Å². The molecule has 66 heavy (non-hydrogen) atoms. The summed E-state index contributed by atoms with van der Waals surface area (Å²) in [5, 5.41) is 4.27. The summed E-state index contributed by atoms with van der Waals surface area (Å²) in [5.74, 6) is 0. The van der Waals surface area contributed by atoms with Crippen LogP contribution in [0.3, 0.4) is 0 Å². The molecule has 0 spiro atoms. The first-order valence-electron chi connectivity index (χ1n) is 22.5. The highest BCUT2D eigenvalue weighted by Crippen LogP contribution is 2.52. The van der Waals surface area contributed by atoms with Crippen LogP contribution in [0, 0.1) is 0 Å². The Balaban J connectivity index is 1.16. The summed E-state index contributed by atoms with van der Waals surface area (Å²) in [4.78, 5) is 7.37. The van der Waals surface area contributed by atoms with E-state index in [1.54, 1.807) is 0 Å². The number of hydrogen-bond donors (Lipinski definition) is 0. The molecule has 10 aromatic carbocycles.